The van der Waals surface area contributed by atoms with Gasteiger partial charge in [0, 0.05) is 35.9 Å². The highest BCUT2D eigenvalue weighted by Crippen LogP contribution is 2.37. The van der Waals surface area contributed by atoms with Crippen LogP contribution in [0.1, 0.15) is 52.0 Å². The van der Waals surface area contributed by atoms with E-state index in [1.54, 1.807) is 12.3 Å². The molecule has 0 saturated carbocycles. The van der Waals surface area contributed by atoms with Gasteiger partial charge in [-0.1, -0.05) is 27.7 Å². The average molecular weight is 551 g/mol. The maximum atomic E-state index is 15.0. The van der Waals surface area contributed by atoms with E-state index in [4.69, 9.17) is 9.47 Å². The maximum absolute atomic E-state index is 15.0. The van der Waals surface area contributed by atoms with Crippen LogP contribution < -0.4 is 20.1 Å². The third-order valence-corrected chi connectivity index (χ3v) is 7.05. The zero-order valence-electron chi connectivity index (χ0n) is 23.9. The molecule has 8 nitrogen and oxygen atoms in total. The lowest BCUT2D eigenvalue weighted by Gasteiger charge is -2.29. The Labute approximate surface area is 235 Å². The minimum Gasteiger partial charge on any atom is -0.493 e. The molecule has 1 saturated heterocycles. The zero-order valence-corrected chi connectivity index (χ0v) is 23.9. The summed E-state index contributed by atoms with van der Waals surface area (Å²) in [7, 11) is 2.15. The number of pyridine rings is 1. The highest BCUT2D eigenvalue weighted by Gasteiger charge is 2.20. The molecule has 1 aliphatic heterocycles. The fourth-order valence-corrected chi connectivity index (χ4v) is 4.61. The Morgan fingerprint density at radius 3 is 2.45 bits per heavy atom. The summed E-state index contributed by atoms with van der Waals surface area (Å²) < 4.78 is 27.3. The van der Waals surface area contributed by atoms with Gasteiger partial charge in [-0.15, -0.1) is 0 Å². The first kappa shape index (κ1) is 29.3. The van der Waals surface area contributed by atoms with Crippen LogP contribution in [0.25, 0.3) is 10.9 Å². The van der Waals surface area contributed by atoms with Gasteiger partial charge in [-0.2, -0.15) is 0 Å². The number of nitrogens with zero attached hydrogens (tertiary/aromatic N) is 2. The Kier molecular flexibility index (Phi) is 9.58. The number of anilines is 1. The van der Waals surface area contributed by atoms with Crippen molar-refractivity contribution in [1.29, 1.82) is 0 Å². The van der Waals surface area contributed by atoms with Crippen molar-refractivity contribution in [3.63, 3.8) is 0 Å². The Morgan fingerprint density at radius 2 is 1.77 bits per heavy atom. The van der Waals surface area contributed by atoms with Crippen LogP contribution in [0.3, 0.4) is 0 Å². The molecule has 40 heavy (non-hydrogen) atoms. The third-order valence-electron chi connectivity index (χ3n) is 7.05. The molecule has 0 bridgehead atoms. The van der Waals surface area contributed by atoms with E-state index in [-0.39, 0.29) is 23.3 Å². The average Bonchev–Trinajstić information content (AvgIpc) is 2.92. The molecular weight excluding hydrogens is 511 g/mol. The van der Waals surface area contributed by atoms with Gasteiger partial charge < -0.3 is 25.0 Å². The molecule has 1 fully saturated rings. The van der Waals surface area contributed by atoms with Crippen LogP contribution in [0.5, 0.6) is 17.2 Å². The summed E-state index contributed by atoms with van der Waals surface area (Å²) in [6, 6.07) is 9.68. The predicted molar refractivity (Wildman–Crippen MR) is 154 cm³/mol. The lowest BCUT2D eigenvalue weighted by molar-refractivity contribution is -0.136. The molecule has 0 atom stereocenters. The summed E-state index contributed by atoms with van der Waals surface area (Å²) in [5.74, 6) is -0.114. The van der Waals surface area contributed by atoms with Crippen molar-refractivity contribution < 1.29 is 23.5 Å². The van der Waals surface area contributed by atoms with Crippen molar-refractivity contribution in [2.45, 2.75) is 46.5 Å². The normalized spacial score (nSPS) is 14.5. The number of nitrogens with one attached hydrogen (secondary N) is 2. The van der Waals surface area contributed by atoms with Crippen molar-refractivity contribution in [3.05, 3.63) is 54.0 Å². The van der Waals surface area contributed by atoms with Gasteiger partial charge in [0.2, 0.25) is 0 Å². The molecule has 1 aromatic heterocycles. The van der Waals surface area contributed by atoms with Crippen molar-refractivity contribution >= 4 is 28.4 Å². The lowest BCUT2D eigenvalue weighted by Crippen LogP contribution is -2.37. The van der Waals surface area contributed by atoms with E-state index in [9.17, 15) is 14.0 Å². The number of aromatic nitrogens is 1. The largest absolute Gasteiger partial charge is 0.493 e. The van der Waals surface area contributed by atoms with Crippen molar-refractivity contribution in [2.24, 2.45) is 11.8 Å². The fraction of sp³-hybridized carbons (Fsp3) is 0.452. The molecule has 2 aromatic carbocycles. The molecule has 2 heterocycles. The third kappa shape index (κ3) is 7.47. The summed E-state index contributed by atoms with van der Waals surface area (Å²) in [6.07, 6.45) is 3.86. The van der Waals surface area contributed by atoms with Crippen LogP contribution in [-0.4, -0.2) is 55.0 Å². The molecule has 0 unspecified atom stereocenters. The van der Waals surface area contributed by atoms with Crippen LogP contribution in [0.15, 0.2) is 42.6 Å². The Balaban J connectivity index is 1.50. The van der Waals surface area contributed by atoms with Crippen molar-refractivity contribution in [3.8, 4) is 17.2 Å². The Morgan fingerprint density at radius 1 is 1.02 bits per heavy atom. The summed E-state index contributed by atoms with van der Waals surface area (Å²) in [5, 5.41) is 5.70. The van der Waals surface area contributed by atoms with Crippen molar-refractivity contribution in [2.75, 3.05) is 38.6 Å². The number of ether oxygens (including phenoxy) is 2. The molecule has 0 spiro atoms. The fourth-order valence-electron chi connectivity index (χ4n) is 4.61. The standard InChI is InChI=1S/C31H39FN4O4/c1-19(2)17-34-30(37)31(38)35-22-6-7-28(25(32)14-22)40-27-8-11-33-26-16-29(23(20(3)4)15-24(26)27)39-18-21-9-12-36(5)13-10-21/h6-8,11,14-16,19-21H,9-10,12-13,17-18H2,1-5H3,(H,34,37)(H,35,38). The highest BCUT2D eigenvalue weighted by molar-refractivity contribution is 6.39. The number of halogens is 1. The van der Waals surface area contributed by atoms with Gasteiger partial charge in [-0.25, -0.2) is 4.39 Å². The second kappa shape index (κ2) is 13.1. The maximum Gasteiger partial charge on any atom is 0.313 e. The first-order valence-corrected chi connectivity index (χ1v) is 13.9. The second-order valence-corrected chi connectivity index (χ2v) is 11.2. The van der Waals surface area contributed by atoms with E-state index in [1.165, 1.54) is 12.1 Å². The van der Waals surface area contributed by atoms with Crippen LogP contribution in [-0.2, 0) is 9.59 Å². The number of carbonyl (C=O) groups is 2. The van der Waals surface area contributed by atoms with Gasteiger partial charge in [0.15, 0.2) is 11.6 Å². The number of carbonyl (C=O) groups excluding carboxylic acids is 2. The van der Waals surface area contributed by atoms with E-state index < -0.39 is 17.6 Å². The molecule has 2 N–H and O–H groups in total. The predicted octanol–water partition coefficient (Wildman–Crippen LogP) is 5.72. The van der Waals surface area contributed by atoms with Gasteiger partial charge in [0.1, 0.15) is 11.5 Å². The Bertz CT molecular complexity index is 1350. The minimum absolute atomic E-state index is 0.0107. The number of hydrogen-bond acceptors (Lipinski definition) is 6. The topological polar surface area (TPSA) is 92.8 Å². The first-order valence-electron chi connectivity index (χ1n) is 13.9. The van der Waals surface area contributed by atoms with Crippen molar-refractivity contribution in [1.82, 2.24) is 15.2 Å². The number of hydrogen-bond donors (Lipinski definition) is 2. The monoisotopic (exact) mass is 550 g/mol. The van der Waals surface area contributed by atoms with E-state index in [0.29, 0.717) is 30.3 Å². The molecule has 214 valence electrons. The van der Waals surface area contributed by atoms with E-state index in [0.717, 1.165) is 48.7 Å². The quantitative estimate of drug-likeness (QED) is 0.331. The van der Waals surface area contributed by atoms with Gasteiger partial charge in [-0.3, -0.25) is 14.6 Å². The van der Waals surface area contributed by atoms with E-state index >= 15 is 0 Å². The molecule has 1 aliphatic rings. The van der Waals surface area contributed by atoms with Gasteiger partial charge in [0.05, 0.1) is 12.1 Å². The number of piperidine rings is 1. The van der Waals surface area contributed by atoms with E-state index in [2.05, 4.69) is 41.4 Å². The molecule has 0 radical (unpaired) electrons. The SMILES string of the molecule is CC(C)CNC(=O)C(=O)Nc1ccc(Oc2ccnc3cc(OCC4CCN(C)CC4)c(C(C)C)cc23)c(F)c1. The highest BCUT2D eigenvalue weighted by atomic mass is 19.1. The summed E-state index contributed by atoms with van der Waals surface area (Å²) >= 11 is 0. The van der Waals surface area contributed by atoms with Gasteiger partial charge in [-0.05, 0) is 80.6 Å². The smallest absolute Gasteiger partial charge is 0.313 e. The summed E-state index contributed by atoms with van der Waals surface area (Å²) in [6.45, 7) is 11.3. The number of amides is 2. The minimum atomic E-state index is -0.857. The van der Waals surface area contributed by atoms with Crippen LogP contribution >= 0.6 is 0 Å². The number of likely N-dealkylation sites (tertiary alicyclic amines) is 1. The number of fused-ring (bicyclic) bond motifs is 1. The van der Waals surface area contributed by atoms with Crippen LogP contribution in [0, 0.1) is 17.7 Å². The summed E-state index contributed by atoms with van der Waals surface area (Å²) in [4.78, 5) is 30.9. The molecule has 9 heteroatoms. The first-order chi connectivity index (χ1) is 19.1. The van der Waals surface area contributed by atoms with Crippen LogP contribution in [0.2, 0.25) is 0 Å². The van der Waals surface area contributed by atoms with E-state index in [1.807, 2.05) is 26.0 Å². The summed E-state index contributed by atoms with van der Waals surface area (Å²) in [5.41, 5.74) is 1.88. The molecule has 0 aliphatic carbocycles. The number of rotatable bonds is 9. The van der Waals surface area contributed by atoms with Gasteiger partial charge >= 0.3 is 11.8 Å². The van der Waals surface area contributed by atoms with Crippen LogP contribution in [0.4, 0.5) is 10.1 Å². The molecule has 4 rings (SSSR count). The van der Waals surface area contributed by atoms with Gasteiger partial charge in [0.25, 0.3) is 0 Å². The zero-order chi connectivity index (χ0) is 28.8. The number of benzene rings is 2. The molecule has 3 aromatic rings. The molecule has 2 amide bonds. The second-order valence-electron chi connectivity index (χ2n) is 11.2. The Hall–Kier alpha value is -3.72. The lowest BCUT2D eigenvalue weighted by atomic mass is 9.97. The molecular formula is C31H39FN4O4.